The summed E-state index contributed by atoms with van der Waals surface area (Å²) >= 11 is 0. The Morgan fingerprint density at radius 2 is 0.667 bits per heavy atom. The molecule has 0 spiro atoms. The summed E-state index contributed by atoms with van der Waals surface area (Å²) in [6, 6.07) is 0. The van der Waals surface area contributed by atoms with Crippen LogP contribution in [0.2, 0.25) is 58.9 Å². The summed E-state index contributed by atoms with van der Waals surface area (Å²) in [6.07, 6.45) is 0. The molecule has 0 saturated carbocycles. The van der Waals surface area contributed by atoms with Gasteiger partial charge in [0.1, 0.15) is 24.2 Å². The number of nitrogens with zero attached hydrogens (tertiary/aromatic N) is 3. The van der Waals surface area contributed by atoms with Gasteiger partial charge in [-0.1, -0.05) is 58.9 Å². The highest BCUT2D eigenvalue weighted by atomic mass is 28.3. The van der Waals surface area contributed by atoms with E-state index in [2.05, 4.69) is 108 Å². The highest BCUT2D eigenvalue weighted by Gasteiger charge is 2.11. The fraction of sp³-hybridized carbons (Fsp3) is 0.500. The van der Waals surface area contributed by atoms with Gasteiger partial charge in [-0.15, -0.1) is 16.6 Å². The highest BCUT2D eigenvalue weighted by molar-refractivity contribution is 6.84. The third-order valence-electron chi connectivity index (χ3n) is 2.28. The first-order valence-electron chi connectivity index (χ1n) is 8.09. The molecule has 0 saturated heterocycles. The van der Waals surface area contributed by atoms with Crippen LogP contribution in [0.15, 0.2) is 0 Å². The van der Waals surface area contributed by atoms with Crippen LogP contribution in [0.5, 0.6) is 0 Å². The van der Waals surface area contributed by atoms with Crippen molar-refractivity contribution in [2.45, 2.75) is 58.9 Å². The molecule has 0 bridgehead atoms. The molecule has 0 radical (unpaired) electrons. The van der Waals surface area contributed by atoms with Crippen molar-refractivity contribution >= 4 is 24.2 Å². The third kappa shape index (κ3) is 9.47. The minimum atomic E-state index is -1.49. The van der Waals surface area contributed by atoms with E-state index >= 15 is 0 Å². The number of aromatic nitrogens is 3. The molecule has 0 amide bonds. The van der Waals surface area contributed by atoms with Gasteiger partial charge in [0.2, 0.25) is 17.5 Å². The molecule has 0 fully saturated rings. The Kier molecular flexibility index (Phi) is 6.36. The summed E-state index contributed by atoms with van der Waals surface area (Å²) in [7, 11) is -4.47. The molecule has 0 aromatic carbocycles. The van der Waals surface area contributed by atoms with Crippen LogP contribution < -0.4 is 0 Å². The fourth-order valence-electron chi connectivity index (χ4n) is 1.27. The predicted octanol–water partition coefficient (Wildman–Crippen LogP) is 3.56. The van der Waals surface area contributed by atoms with Gasteiger partial charge < -0.3 is 0 Å². The summed E-state index contributed by atoms with van der Waals surface area (Å²) in [4.78, 5) is 13.2. The molecule has 3 nitrogen and oxygen atoms in total. The van der Waals surface area contributed by atoms with E-state index in [1.54, 1.807) is 0 Å². The molecule has 0 aliphatic heterocycles. The lowest BCUT2D eigenvalue weighted by Gasteiger charge is -2.04. The van der Waals surface area contributed by atoms with Gasteiger partial charge in [0.25, 0.3) is 0 Å². The molecule has 1 aromatic heterocycles. The first kappa shape index (κ1) is 20.4. The van der Waals surface area contributed by atoms with Crippen molar-refractivity contribution in [1.29, 1.82) is 0 Å². The van der Waals surface area contributed by atoms with Gasteiger partial charge >= 0.3 is 0 Å². The van der Waals surface area contributed by atoms with Crippen molar-refractivity contribution in [3.8, 4) is 34.4 Å². The number of hydrogen-bond donors (Lipinski definition) is 0. The van der Waals surface area contributed by atoms with Crippen molar-refractivity contribution in [3.05, 3.63) is 17.5 Å². The second-order valence-corrected chi connectivity index (χ2v) is 23.1. The van der Waals surface area contributed by atoms with Gasteiger partial charge in [0.05, 0.1) is 0 Å². The molecular weight excluding hydrogens is 342 g/mol. The average molecular weight is 370 g/mol. The second-order valence-electron chi connectivity index (χ2n) is 8.81. The molecule has 1 heterocycles. The van der Waals surface area contributed by atoms with Crippen LogP contribution >= 0.6 is 0 Å². The Hall–Kier alpha value is -1.66. The van der Waals surface area contributed by atoms with Crippen LogP contribution in [0.3, 0.4) is 0 Å². The first-order chi connectivity index (χ1) is 10.7. The Morgan fingerprint density at radius 1 is 0.458 bits per heavy atom. The standard InChI is InChI=1S/C18H27N3Si3/c1-22(2,3)13-10-16-19-17(11-14-23(4,5)6)21-18(20-16)12-15-24(7,8)9/h1-9H3. The minimum Gasteiger partial charge on any atom is -0.193 e. The summed E-state index contributed by atoms with van der Waals surface area (Å²) < 4.78 is 0. The Bertz CT molecular complexity index is 669. The van der Waals surface area contributed by atoms with Gasteiger partial charge in [-0.3, -0.25) is 0 Å². The lowest BCUT2D eigenvalue weighted by atomic mass is 10.5. The van der Waals surface area contributed by atoms with E-state index < -0.39 is 24.2 Å². The number of hydrogen-bond acceptors (Lipinski definition) is 3. The van der Waals surface area contributed by atoms with Gasteiger partial charge in [-0.05, 0) is 17.8 Å². The zero-order chi connectivity index (χ0) is 18.6. The molecule has 1 aromatic rings. The lowest BCUT2D eigenvalue weighted by Crippen LogP contribution is -2.17. The average Bonchev–Trinajstić information content (AvgIpc) is 2.38. The molecule has 0 aliphatic rings. The summed E-state index contributed by atoms with van der Waals surface area (Å²) in [6.45, 7) is 19.7. The molecule has 24 heavy (non-hydrogen) atoms. The fourth-order valence-corrected chi connectivity index (χ4v) is 2.73. The predicted molar refractivity (Wildman–Crippen MR) is 110 cm³/mol. The maximum atomic E-state index is 4.40. The topological polar surface area (TPSA) is 38.7 Å². The van der Waals surface area contributed by atoms with E-state index in [1.807, 2.05) is 0 Å². The summed E-state index contributed by atoms with van der Waals surface area (Å²) in [5, 5.41) is 0. The smallest absolute Gasteiger partial charge is 0.193 e. The van der Waals surface area contributed by atoms with Crippen LogP contribution in [0.25, 0.3) is 0 Å². The van der Waals surface area contributed by atoms with E-state index in [0.29, 0.717) is 17.5 Å². The van der Waals surface area contributed by atoms with Crippen LogP contribution in [-0.4, -0.2) is 39.2 Å². The Balaban J connectivity index is 3.40. The van der Waals surface area contributed by atoms with E-state index in [4.69, 9.17) is 0 Å². The van der Waals surface area contributed by atoms with Gasteiger partial charge in [-0.25, -0.2) is 0 Å². The SMILES string of the molecule is C[Si](C)(C)C#Cc1nc(C#C[Si](C)(C)C)nc(C#C[Si](C)(C)C)n1. The molecular formula is C18H27N3Si3. The van der Waals surface area contributed by atoms with E-state index in [-0.39, 0.29) is 0 Å². The molecule has 6 heteroatoms. The van der Waals surface area contributed by atoms with E-state index in [9.17, 15) is 0 Å². The molecule has 0 aliphatic carbocycles. The van der Waals surface area contributed by atoms with Crippen molar-refractivity contribution < 1.29 is 0 Å². The zero-order valence-corrected chi connectivity index (χ0v) is 19.3. The van der Waals surface area contributed by atoms with Crippen molar-refractivity contribution in [1.82, 2.24) is 15.0 Å². The quantitative estimate of drug-likeness (QED) is 0.518. The van der Waals surface area contributed by atoms with Gasteiger partial charge in [0, 0.05) is 0 Å². The number of rotatable bonds is 0. The second kappa shape index (κ2) is 7.49. The van der Waals surface area contributed by atoms with Crippen molar-refractivity contribution in [3.63, 3.8) is 0 Å². The summed E-state index contributed by atoms with van der Waals surface area (Å²) in [5.74, 6) is 10.7. The van der Waals surface area contributed by atoms with Crippen LogP contribution in [-0.2, 0) is 0 Å². The summed E-state index contributed by atoms with van der Waals surface area (Å²) in [5.41, 5.74) is 9.88. The molecule has 1 rings (SSSR count). The van der Waals surface area contributed by atoms with E-state index in [0.717, 1.165) is 0 Å². The zero-order valence-electron chi connectivity index (χ0n) is 16.3. The Morgan fingerprint density at radius 3 is 0.833 bits per heavy atom. The molecule has 0 atom stereocenters. The highest BCUT2D eigenvalue weighted by Crippen LogP contribution is 2.02. The molecule has 0 N–H and O–H groups in total. The maximum absolute atomic E-state index is 4.40. The van der Waals surface area contributed by atoms with Crippen LogP contribution in [0.4, 0.5) is 0 Å². The van der Waals surface area contributed by atoms with E-state index in [1.165, 1.54) is 0 Å². The Labute approximate surface area is 150 Å². The minimum absolute atomic E-state index is 0.479. The monoisotopic (exact) mass is 369 g/mol. The van der Waals surface area contributed by atoms with Gasteiger partial charge in [0.15, 0.2) is 0 Å². The van der Waals surface area contributed by atoms with Crippen molar-refractivity contribution in [2.24, 2.45) is 0 Å². The maximum Gasteiger partial charge on any atom is 0.209 e. The lowest BCUT2D eigenvalue weighted by molar-refractivity contribution is 0.977. The third-order valence-corrected chi connectivity index (χ3v) is 4.91. The van der Waals surface area contributed by atoms with Crippen LogP contribution in [0.1, 0.15) is 17.5 Å². The normalized spacial score (nSPS) is 11.4. The van der Waals surface area contributed by atoms with Gasteiger partial charge in [-0.2, -0.15) is 15.0 Å². The largest absolute Gasteiger partial charge is 0.209 e. The van der Waals surface area contributed by atoms with Crippen LogP contribution in [0, 0.1) is 34.4 Å². The molecule has 0 unspecified atom stereocenters. The molecule has 126 valence electrons. The van der Waals surface area contributed by atoms with Crippen molar-refractivity contribution in [2.75, 3.05) is 0 Å². The first-order valence-corrected chi connectivity index (χ1v) is 18.6.